The molecule has 7 heteroatoms. The first-order valence-electron chi connectivity index (χ1n) is 7.20. The SMILES string of the molecule is COc1ccccc1CNc1nc(N)nc(-c2ccco2)c1C#N. The van der Waals surface area contributed by atoms with Gasteiger partial charge in [0.25, 0.3) is 0 Å². The van der Waals surface area contributed by atoms with E-state index < -0.39 is 0 Å². The average molecular weight is 321 g/mol. The molecule has 7 nitrogen and oxygen atoms in total. The Bertz CT molecular complexity index is 884. The summed E-state index contributed by atoms with van der Waals surface area (Å²) in [5, 5.41) is 12.6. The molecule has 3 rings (SSSR count). The second-order valence-electron chi connectivity index (χ2n) is 4.91. The van der Waals surface area contributed by atoms with Crippen LogP contribution >= 0.6 is 0 Å². The van der Waals surface area contributed by atoms with Crippen molar-refractivity contribution in [3.63, 3.8) is 0 Å². The number of rotatable bonds is 5. The lowest BCUT2D eigenvalue weighted by Gasteiger charge is -2.12. The minimum atomic E-state index is 0.0583. The molecule has 0 fully saturated rings. The lowest BCUT2D eigenvalue weighted by molar-refractivity contribution is 0.410. The van der Waals surface area contributed by atoms with E-state index >= 15 is 0 Å². The molecule has 0 atom stereocenters. The minimum Gasteiger partial charge on any atom is -0.496 e. The van der Waals surface area contributed by atoms with Gasteiger partial charge >= 0.3 is 0 Å². The molecule has 2 aromatic heterocycles. The summed E-state index contributed by atoms with van der Waals surface area (Å²) in [6, 6.07) is 13.1. The quantitative estimate of drug-likeness (QED) is 0.743. The van der Waals surface area contributed by atoms with Crippen LogP contribution in [0.2, 0.25) is 0 Å². The number of para-hydroxylation sites is 1. The molecule has 1 aromatic carbocycles. The molecule has 2 heterocycles. The van der Waals surface area contributed by atoms with Crippen LogP contribution in [0, 0.1) is 11.3 Å². The van der Waals surface area contributed by atoms with Gasteiger partial charge in [0.2, 0.25) is 5.95 Å². The van der Waals surface area contributed by atoms with Gasteiger partial charge in [-0.05, 0) is 18.2 Å². The number of anilines is 2. The highest BCUT2D eigenvalue weighted by atomic mass is 16.5. The van der Waals surface area contributed by atoms with Crippen molar-refractivity contribution in [2.45, 2.75) is 6.54 Å². The molecule has 0 amide bonds. The van der Waals surface area contributed by atoms with Gasteiger partial charge in [0, 0.05) is 12.1 Å². The highest BCUT2D eigenvalue weighted by Crippen LogP contribution is 2.28. The average Bonchev–Trinajstić information content (AvgIpc) is 3.14. The van der Waals surface area contributed by atoms with Gasteiger partial charge in [-0.25, -0.2) is 4.98 Å². The van der Waals surface area contributed by atoms with Crippen molar-refractivity contribution in [3.8, 4) is 23.3 Å². The van der Waals surface area contributed by atoms with E-state index in [0.29, 0.717) is 23.8 Å². The summed E-state index contributed by atoms with van der Waals surface area (Å²) in [6.45, 7) is 0.423. The smallest absolute Gasteiger partial charge is 0.222 e. The second kappa shape index (κ2) is 6.71. The normalized spacial score (nSPS) is 10.2. The first-order valence-corrected chi connectivity index (χ1v) is 7.20. The molecule has 3 aromatic rings. The highest BCUT2D eigenvalue weighted by molar-refractivity contribution is 5.71. The van der Waals surface area contributed by atoms with Crippen LogP contribution in [0.3, 0.4) is 0 Å². The maximum absolute atomic E-state index is 9.51. The number of hydrogen-bond acceptors (Lipinski definition) is 7. The number of aromatic nitrogens is 2. The van der Waals surface area contributed by atoms with Crippen LogP contribution in [0.1, 0.15) is 11.1 Å². The largest absolute Gasteiger partial charge is 0.496 e. The number of nitrogens with two attached hydrogens (primary N) is 1. The molecular formula is C17H15N5O2. The standard InChI is InChI=1S/C17H15N5O2/c1-23-13-6-3-2-5-11(13)10-20-16-12(9-18)15(21-17(19)22-16)14-7-4-8-24-14/h2-8H,10H2,1H3,(H3,19,20,21,22). The van der Waals surface area contributed by atoms with Gasteiger partial charge in [0.05, 0.1) is 13.4 Å². The van der Waals surface area contributed by atoms with Crippen molar-refractivity contribution >= 4 is 11.8 Å². The number of nitrogen functional groups attached to an aromatic ring is 1. The van der Waals surface area contributed by atoms with Crippen molar-refractivity contribution in [1.82, 2.24) is 9.97 Å². The molecule has 0 aliphatic rings. The molecule has 3 N–H and O–H groups in total. The van der Waals surface area contributed by atoms with E-state index in [-0.39, 0.29) is 11.5 Å². The van der Waals surface area contributed by atoms with Gasteiger partial charge in [-0.1, -0.05) is 18.2 Å². The molecule has 0 saturated heterocycles. The number of furan rings is 1. The zero-order valence-electron chi connectivity index (χ0n) is 13.0. The topological polar surface area (TPSA) is 110 Å². The molecule has 24 heavy (non-hydrogen) atoms. The number of nitrogens with one attached hydrogen (secondary N) is 1. The Morgan fingerprint density at radius 1 is 1.25 bits per heavy atom. The number of nitriles is 1. The van der Waals surface area contributed by atoms with Gasteiger partial charge in [-0.3, -0.25) is 0 Å². The second-order valence-corrected chi connectivity index (χ2v) is 4.91. The molecule has 0 bridgehead atoms. The van der Waals surface area contributed by atoms with Crippen LogP contribution in [0.5, 0.6) is 5.75 Å². The molecule has 0 aliphatic heterocycles. The zero-order chi connectivity index (χ0) is 16.9. The van der Waals surface area contributed by atoms with Crippen LogP contribution in [0.25, 0.3) is 11.5 Å². The zero-order valence-corrected chi connectivity index (χ0v) is 13.0. The van der Waals surface area contributed by atoms with Crippen LogP contribution < -0.4 is 15.8 Å². The van der Waals surface area contributed by atoms with Crippen molar-refractivity contribution in [2.24, 2.45) is 0 Å². The Morgan fingerprint density at radius 2 is 2.08 bits per heavy atom. The summed E-state index contributed by atoms with van der Waals surface area (Å²) >= 11 is 0. The van der Waals surface area contributed by atoms with Crippen LogP contribution in [0.15, 0.2) is 47.1 Å². The van der Waals surface area contributed by atoms with E-state index in [9.17, 15) is 5.26 Å². The maximum Gasteiger partial charge on any atom is 0.222 e. The van der Waals surface area contributed by atoms with Gasteiger partial charge in [0.1, 0.15) is 23.1 Å². The molecular weight excluding hydrogens is 306 g/mol. The van der Waals surface area contributed by atoms with E-state index in [1.165, 1.54) is 6.26 Å². The molecule has 120 valence electrons. The molecule has 0 unspecified atom stereocenters. The molecule has 0 aliphatic carbocycles. The summed E-state index contributed by atoms with van der Waals surface area (Å²) in [7, 11) is 1.61. The van der Waals surface area contributed by atoms with Crippen molar-refractivity contribution in [3.05, 3.63) is 53.8 Å². The highest BCUT2D eigenvalue weighted by Gasteiger charge is 2.17. The first-order chi connectivity index (χ1) is 11.7. The number of benzene rings is 1. The Hall–Kier alpha value is -3.53. The van der Waals surface area contributed by atoms with E-state index in [1.807, 2.05) is 24.3 Å². The fourth-order valence-corrected chi connectivity index (χ4v) is 2.33. The lowest BCUT2D eigenvalue weighted by atomic mass is 10.1. The maximum atomic E-state index is 9.51. The third-order valence-corrected chi connectivity index (χ3v) is 3.43. The predicted octanol–water partition coefficient (Wildman–Crippen LogP) is 2.81. The van der Waals surface area contributed by atoms with Gasteiger partial charge in [-0.15, -0.1) is 0 Å². The van der Waals surface area contributed by atoms with E-state index in [2.05, 4.69) is 21.4 Å². The van der Waals surface area contributed by atoms with Crippen LogP contribution in [0.4, 0.5) is 11.8 Å². The summed E-state index contributed by atoms with van der Waals surface area (Å²) in [5.74, 6) is 1.61. The van der Waals surface area contributed by atoms with Crippen LogP contribution in [-0.4, -0.2) is 17.1 Å². The van der Waals surface area contributed by atoms with E-state index in [0.717, 1.165) is 11.3 Å². The van der Waals surface area contributed by atoms with Crippen LogP contribution in [-0.2, 0) is 6.54 Å². The van der Waals surface area contributed by atoms with Crippen molar-refractivity contribution in [1.29, 1.82) is 5.26 Å². The van der Waals surface area contributed by atoms with Gasteiger partial charge < -0.3 is 20.2 Å². The Kier molecular flexibility index (Phi) is 4.29. The number of methoxy groups -OCH3 is 1. The third-order valence-electron chi connectivity index (χ3n) is 3.43. The Morgan fingerprint density at radius 3 is 2.79 bits per heavy atom. The van der Waals surface area contributed by atoms with Gasteiger partial charge in [0.15, 0.2) is 11.6 Å². The molecule has 0 spiro atoms. The molecule has 0 saturated carbocycles. The minimum absolute atomic E-state index is 0.0583. The number of nitrogens with zero attached hydrogens (tertiary/aromatic N) is 3. The molecule has 0 radical (unpaired) electrons. The van der Waals surface area contributed by atoms with E-state index in [1.54, 1.807) is 19.2 Å². The fourth-order valence-electron chi connectivity index (χ4n) is 2.33. The summed E-state index contributed by atoms with van der Waals surface area (Å²) in [6.07, 6.45) is 1.51. The summed E-state index contributed by atoms with van der Waals surface area (Å²) in [4.78, 5) is 8.26. The third kappa shape index (κ3) is 2.98. The van der Waals surface area contributed by atoms with Gasteiger partial charge in [-0.2, -0.15) is 10.2 Å². The summed E-state index contributed by atoms with van der Waals surface area (Å²) < 4.78 is 10.6. The lowest BCUT2D eigenvalue weighted by Crippen LogP contribution is -2.09. The Labute approximate surface area is 138 Å². The number of ether oxygens (including phenoxy) is 1. The fraction of sp³-hybridized carbons (Fsp3) is 0.118. The predicted molar refractivity (Wildman–Crippen MR) is 89.2 cm³/mol. The summed E-state index contributed by atoms with van der Waals surface area (Å²) in [5.41, 5.74) is 7.34. The number of hydrogen-bond donors (Lipinski definition) is 2. The van der Waals surface area contributed by atoms with Crippen molar-refractivity contribution < 1.29 is 9.15 Å². The first kappa shape index (κ1) is 15.4. The monoisotopic (exact) mass is 321 g/mol. The van der Waals surface area contributed by atoms with E-state index in [4.69, 9.17) is 14.9 Å². The van der Waals surface area contributed by atoms with Crippen molar-refractivity contribution in [2.75, 3.05) is 18.2 Å². The Balaban J connectivity index is 1.95.